The molecule has 21 heavy (non-hydrogen) atoms. The molecule has 5 heteroatoms. The number of aliphatic carboxylic acids is 1. The Morgan fingerprint density at radius 2 is 1.86 bits per heavy atom. The lowest BCUT2D eigenvalue weighted by Gasteiger charge is -2.23. The molecule has 2 bridgehead atoms. The highest BCUT2D eigenvalue weighted by Crippen LogP contribution is 2.48. The van der Waals surface area contributed by atoms with Crippen LogP contribution in [0.2, 0.25) is 0 Å². The predicted octanol–water partition coefficient (Wildman–Crippen LogP) is 2.16. The van der Waals surface area contributed by atoms with Crippen LogP contribution < -0.4 is 5.32 Å². The molecule has 2 aliphatic carbocycles. The van der Waals surface area contributed by atoms with Gasteiger partial charge < -0.3 is 15.5 Å². The summed E-state index contributed by atoms with van der Waals surface area (Å²) < 4.78 is 0. The molecule has 0 heterocycles. The Kier molecular flexibility index (Phi) is 3.20. The molecular weight excluding hydrogens is 270 g/mol. The third-order valence-electron chi connectivity index (χ3n) is 4.52. The molecule has 110 valence electrons. The first-order valence-corrected chi connectivity index (χ1v) is 6.99. The number of benzene rings is 1. The number of carboxylic acids is 1. The maximum Gasteiger partial charge on any atom is 0.307 e. The van der Waals surface area contributed by atoms with Crippen molar-refractivity contribution in [1.29, 1.82) is 0 Å². The van der Waals surface area contributed by atoms with Gasteiger partial charge in [0.25, 0.3) is 0 Å². The molecule has 1 aromatic carbocycles. The molecule has 0 saturated heterocycles. The zero-order chi connectivity index (χ0) is 15.1. The Morgan fingerprint density at radius 1 is 1.19 bits per heavy atom. The number of allylic oxidation sites excluding steroid dienone is 2. The fraction of sp³-hybridized carbons (Fsp3) is 0.375. The van der Waals surface area contributed by atoms with Gasteiger partial charge in [0.2, 0.25) is 5.91 Å². The number of hydrogen-bond acceptors (Lipinski definition) is 3. The minimum atomic E-state index is -0.918. The van der Waals surface area contributed by atoms with E-state index < -0.39 is 17.8 Å². The zero-order valence-corrected chi connectivity index (χ0v) is 11.6. The van der Waals surface area contributed by atoms with Gasteiger partial charge in [-0.2, -0.15) is 0 Å². The summed E-state index contributed by atoms with van der Waals surface area (Å²) in [4.78, 5) is 23.8. The second-order valence-corrected chi connectivity index (χ2v) is 5.83. The molecule has 1 aromatic rings. The second-order valence-electron chi connectivity index (χ2n) is 5.83. The molecule has 0 aliphatic heterocycles. The number of hydrogen-bond donors (Lipinski definition) is 3. The number of carboxylic acid groups (broad SMARTS) is 1. The van der Waals surface area contributed by atoms with Crippen molar-refractivity contribution in [1.82, 2.24) is 0 Å². The summed E-state index contributed by atoms with van der Waals surface area (Å²) >= 11 is 0. The molecular formula is C16H17NO4. The topological polar surface area (TPSA) is 86.6 Å². The number of phenolic OH excluding ortho intramolecular Hbond substituents is 1. The van der Waals surface area contributed by atoms with Crippen molar-refractivity contribution in [2.24, 2.45) is 23.7 Å². The fourth-order valence-corrected chi connectivity index (χ4v) is 3.43. The van der Waals surface area contributed by atoms with Crippen molar-refractivity contribution in [2.45, 2.75) is 13.3 Å². The van der Waals surface area contributed by atoms with Crippen molar-refractivity contribution in [3.8, 4) is 5.75 Å². The molecule has 0 spiro atoms. The van der Waals surface area contributed by atoms with Crippen LogP contribution in [0.1, 0.15) is 12.0 Å². The highest BCUT2D eigenvalue weighted by atomic mass is 16.4. The van der Waals surface area contributed by atoms with E-state index in [0.29, 0.717) is 5.69 Å². The van der Waals surface area contributed by atoms with E-state index in [1.807, 2.05) is 12.2 Å². The molecule has 5 nitrogen and oxygen atoms in total. The summed E-state index contributed by atoms with van der Waals surface area (Å²) in [7, 11) is 0. The van der Waals surface area contributed by atoms with E-state index in [4.69, 9.17) is 0 Å². The number of carbonyl (C=O) groups excluding carboxylic acids is 1. The van der Waals surface area contributed by atoms with Gasteiger partial charge in [-0.3, -0.25) is 9.59 Å². The second kappa shape index (κ2) is 4.91. The normalized spacial score (nSPS) is 29.6. The molecule has 3 N–H and O–H groups in total. The van der Waals surface area contributed by atoms with Crippen LogP contribution in [-0.2, 0) is 9.59 Å². The number of rotatable bonds is 3. The fourth-order valence-electron chi connectivity index (χ4n) is 3.43. The van der Waals surface area contributed by atoms with Gasteiger partial charge in [-0.25, -0.2) is 0 Å². The number of aryl methyl sites for hydroxylation is 1. The number of anilines is 1. The third-order valence-corrected chi connectivity index (χ3v) is 4.52. The van der Waals surface area contributed by atoms with E-state index in [2.05, 4.69) is 5.32 Å². The number of nitrogens with one attached hydrogen (secondary N) is 1. The number of phenols is 1. The third kappa shape index (κ3) is 2.28. The van der Waals surface area contributed by atoms with Gasteiger partial charge in [-0.05, 0) is 36.8 Å². The van der Waals surface area contributed by atoms with Gasteiger partial charge >= 0.3 is 5.97 Å². The molecule has 4 unspecified atom stereocenters. The molecule has 0 radical (unpaired) electrons. The van der Waals surface area contributed by atoms with E-state index in [-0.39, 0.29) is 23.5 Å². The van der Waals surface area contributed by atoms with E-state index in [1.165, 1.54) is 6.07 Å². The average Bonchev–Trinajstić information content (AvgIpc) is 3.03. The number of amides is 1. The molecule has 1 saturated carbocycles. The van der Waals surface area contributed by atoms with Gasteiger partial charge in [0.15, 0.2) is 0 Å². The monoisotopic (exact) mass is 287 g/mol. The van der Waals surface area contributed by atoms with Gasteiger partial charge in [0, 0.05) is 11.8 Å². The van der Waals surface area contributed by atoms with Crippen LogP contribution in [0.4, 0.5) is 5.69 Å². The number of carbonyl (C=O) groups is 2. The summed E-state index contributed by atoms with van der Waals surface area (Å²) in [5, 5.41) is 21.7. The Balaban J connectivity index is 1.80. The summed E-state index contributed by atoms with van der Waals surface area (Å²) in [5.41, 5.74) is 1.21. The first-order chi connectivity index (χ1) is 9.97. The van der Waals surface area contributed by atoms with E-state index in [9.17, 15) is 19.8 Å². The Labute approximate surface area is 122 Å². The maximum atomic E-state index is 12.4. The average molecular weight is 287 g/mol. The van der Waals surface area contributed by atoms with Crippen molar-refractivity contribution in [3.63, 3.8) is 0 Å². The lowest BCUT2D eigenvalue weighted by Crippen LogP contribution is -2.36. The first-order valence-electron chi connectivity index (χ1n) is 6.99. The zero-order valence-electron chi connectivity index (χ0n) is 11.6. The van der Waals surface area contributed by atoms with Crippen LogP contribution in [0.15, 0.2) is 30.4 Å². The SMILES string of the molecule is Cc1ccc(NC(=O)C2C3C=CC(C3)C2C(=O)O)cc1O. The number of fused-ring (bicyclic) bond motifs is 2. The van der Waals surface area contributed by atoms with Crippen LogP contribution in [0.5, 0.6) is 5.75 Å². The maximum absolute atomic E-state index is 12.4. The predicted molar refractivity (Wildman–Crippen MR) is 76.8 cm³/mol. The quantitative estimate of drug-likeness (QED) is 0.743. The smallest absolute Gasteiger partial charge is 0.307 e. The lowest BCUT2D eigenvalue weighted by atomic mass is 9.82. The van der Waals surface area contributed by atoms with Crippen LogP contribution in [0.3, 0.4) is 0 Å². The minimum Gasteiger partial charge on any atom is -0.508 e. The van der Waals surface area contributed by atoms with Crippen LogP contribution in [0, 0.1) is 30.6 Å². The Morgan fingerprint density at radius 3 is 2.48 bits per heavy atom. The summed E-state index contributed by atoms with van der Waals surface area (Å²) in [6.45, 7) is 1.77. The van der Waals surface area contributed by atoms with E-state index in [1.54, 1.807) is 19.1 Å². The Bertz CT molecular complexity index is 637. The highest BCUT2D eigenvalue weighted by Gasteiger charge is 2.51. The molecule has 2 aliphatic rings. The van der Waals surface area contributed by atoms with Crippen molar-refractivity contribution in [3.05, 3.63) is 35.9 Å². The van der Waals surface area contributed by atoms with Gasteiger partial charge in [-0.15, -0.1) is 0 Å². The minimum absolute atomic E-state index is 0.00450. The van der Waals surface area contributed by atoms with Gasteiger partial charge in [-0.1, -0.05) is 18.2 Å². The lowest BCUT2D eigenvalue weighted by molar-refractivity contribution is -0.146. The van der Waals surface area contributed by atoms with Crippen molar-refractivity contribution >= 4 is 17.6 Å². The molecule has 1 amide bonds. The van der Waals surface area contributed by atoms with Crippen LogP contribution in [0.25, 0.3) is 0 Å². The van der Waals surface area contributed by atoms with Gasteiger partial charge in [0.1, 0.15) is 5.75 Å². The molecule has 1 fully saturated rings. The summed E-state index contributed by atoms with van der Waals surface area (Å²) in [5.74, 6) is -2.35. The summed E-state index contributed by atoms with van der Waals surface area (Å²) in [6, 6.07) is 4.89. The van der Waals surface area contributed by atoms with Gasteiger partial charge in [0.05, 0.1) is 11.8 Å². The van der Waals surface area contributed by atoms with Crippen LogP contribution >= 0.6 is 0 Å². The molecule has 0 aromatic heterocycles. The van der Waals surface area contributed by atoms with E-state index in [0.717, 1.165) is 12.0 Å². The number of aromatic hydroxyl groups is 1. The van der Waals surface area contributed by atoms with Crippen LogP contribution in [-0.4, -0.2) is 22.1 Å². The molecule has 4 atom stereocenters. The largest absolute Gasteiger partial charge is 0.508 e. The standard InChI is InChI=1S/C16H17NO4/c1-8-2-5-11(7-12(8)18)17-15(19)13-9-3-4-10(6-9)14(13)16(20)21/h2-5,7,9-10,13-14,18H,6H2,1H3,(H,17,19)(H,20,21). The van der Waals surface area contributed by atoms with Crippen molar-refractivity contribution < 1.29 is 19.8 Å². The highest BCUT2D eigenvalue weighted by molar-refractivity contribution is 5.96. The summed E-state index contributed by atoms with van der Waals surface area (Å²) in [6.07, 6.45) is 4.58. The Hall–Kier alpha value is -2.30. The first kappa shape index (κ1) is 13.7. The van der Waals surface area contributed by atoms with Crippen molar-refractivity contribution in [2.75, 3.05) is 5.32 Å². The van der Waals surface area contributed by atoms with E-state index >= 15 is 0 Å². The molecule has 3 rings (SSSR count).